The number of aromatic nitrogens is 1. The molecule has 1 unspecified atom stereocenters. The molecule has 1 aliphatic heterocycles. The Bertz CT molecular complexity index is 444. The van der Waals surface area contributed by atoms with Crippen LogP contribution in [0.1, 0.15) is 32.3 Å². The highest BCUT2D eigenvalue weighted by atomic mass is 15.2. The van der Waals surface area contributed by atoms with Crippen LogP contribution >= 0.6 is 0 Å². The Morgan fingerprint density at radius 1 is 1.42 bits per heavy atom. The molecule has 1 atom stereocenters. The Balaban J connectivity index is 1.96. The molecule has 102 valence electrons. The molecule has 4 heteroatoms. The van der Waals surface area contributed by atoms with Gasteiger partial charge in [0.2, 0.25) is 0 Å². The molecule has 0 aromatic carbocycles. The number of nitrogens with zero attached hydrogens (tertiary/aromatic N) is 3. The summed E-state index contributed by atoms with van der Waals surface area (Å²) in [6, 6.07) is 6.21. The maximum Gasteiger partial charge on any atom is 0.127 e. The molecule has 0 aliphatic carbocycles. The first-order chi connectivity index (χ1) is 9.20. The van der Waals surface area contributed by atoms with Gasteiger partial charge in [0.1, 0.15) is 5.82 Å². The van der Waals surface area contributed by atoms with E-state index in [2.05, 4.69) is 35.1 Å². The van der Waals surface area contributed by atoms with Crippen LogP contribution in [0.15, 0.2) is 18.3 Å². The minimum absolute atomic E-state index is 0.537. The Hall–Kier alpha value is -1.60. The first-order valence-corrected chi connectivity index (χ1v) is 7.05. The molecule has 1 aliphatic rings. The second kappa shape index (κ2) is 6.53. The molecule has 1 aromatic heterocycles. The van der Waals surface area contributed by atoms with Gasteiger partial charge in [0, 0.05) is 18.8 Å². The van der Waals surface area contributed by atoms with E-state index in [9.17, 15) is 0 Å². The summed E-state index contributed by atoms with van der Waals surface area (Å²) in [5.74, 6) is 1.41. The van der Waals surface area contributed by atoms with Crippen molar-refractivity contribution in [1.82, 2.24) is 9.88 Å². The van der Waals surface area contributed by atoms with Gasteiger partial charge in [-0.3, -0.25) is 4.90 Å². The average molecular weight is 258 g/mol. The normalized spacial score (nSPS) is 17.4. The number of anilines is 1. The molecule has 1 aromatic rings. The first-order valence-electron chi connectivity index (χ1n) is 7.05. The predicted molar refractivity (Wildman–Crippen MR) is 76.9 cm³/mol. The van der Waals surface area contributed by atoms with Gasteiger partial charge in [-0.2, -0.15) is 5.26 Å². The zero-order valence-corrected chi connectivity index (χ0v) is 11.8. The summed E-state index contributed by atoms with van der Waals surface area (Å²) < 4.78 is 0. The molecule has 0 saturated carbocycles. The van der Waals surface area contributed by atoms with E-state index in [1.807, 2.05) is 0 Å². The van der Waals surface area contributed by atoms with Gasteiger partial charge in [0.15, 0.2) is 0 Å². The Kier molecular flexibility index (Phi) is 4.75. The minimum Gasteiger partial charge on any atom is -0.368 e. The Labute approximate surface area is 115 Å². The highest BCUT2D eigenvalue weighted by Gasteiger charge is 2.24. The second-order valence-electron chi connectivity index (χ2n) is 5.48. The van der Waals surface area contributed by atoms with Crippen LogP contribution < -0.4 is 5.32 Å². The molecule has 0 radical (unpaired) electrons. The van der Waals surface area contributed by atoms with Crippen molar-refractivity contribution in [3.05, 3.63) is 23.9 Å². The van der Waals surface area contributed by atoms with Crippen LogP contribution in [0.3, 0.4) is 0 Å². The summed E-state index contributed by atoms with van der Waals surface area (Å²) in [7, 11) is 0. The Morgan fingerprint density at radius 3 is 2.79 bits per heavy atom. The van der Waals surface area contributed by atoms with Crippen LogP contribution in [0.5, 0.6) is 0 Å². The van der Waals surface area contributed by atoms with E-state index in [1.54, 1.807) is 18.3 Å². The van der Waals surface area contributed by atoms with E-state index in [-0.39, 0.29) is 0 Å². The molecule has 4 nitrogen and oxygen atoms in total. The summed E-state index contributed by atoms with van der Waals surface area (Å²) in [6.07, 6.45) is 4.30. The second-order valence-corrected chi connectivity index (χ2v) is 5.48. The summed E-state index contributed by atoms with van der Waals surface area (Å²) in [4.78, 5) is 6.83. The third kappa shape index (κ3) is 3.68. The lowest BCUT2D eigenvalue weighted by Gasteiger charge is -2.31. The van der Waals surface area contributed by atoms with Gasteiger partial charge in [0.05, 0.1) is 11.6 Å². The molecule has 1 saturated heterocycles. The molecule has 1 N–H and O–H groups in total. The molecule has 2 heterocycles. The van der Waals surface area contributed by atoms with Gasteiger partial charge in [-0.1, -0.05) is 13.8 Å². The summed E-state index contributed by atoms with van der Waals surface area (Å²) in [5.41, 5.74) is 0.653. The topological polar surface area (TPSA) is 52.0 Å². The number of hydrogen-bond acceptors (Lipinski definition) is 4. The van der Waals surface area contributed by atoms with Crippen LogP contribution in [0.4, 0.5) is 5.82 Å². The van der Waals surface area contributed by atoms with Crippen LogP contribution in [-0.2, 0) is 0 Å². The zero-order valence-electron chi connectivity index (χ0n) is 11.8. The summed E-state index contributed by atoms with van der Waals surface area (Å²) in [5, 5.41) is 12.3. The highest BCUT2D eigenvalue weighted by molar-refractivity contribution is 5.42. The SMILES string of the molecule is CC(C)C(CNc1cc(C#N)ccn1)N1CCCC1. The van der Waals surface area contributed by atoms with Gasteiger partial charge in [0.25, 0.3) is 0 Å². The largest absolute Gasteiger partial charge is 0.368 e. The van der Waals surface area contributed by atoms with Crippen molar-refractivity contribution < 1.29 is 0 Å². The van der Waals surface area contributed by atoms with Gasteiger partial charge < -0.3 is 5.32 Å². The third-order valence-corrected chi connectivity index (χ3v) is 3.76. The third-order valence-electron chi connectivity index (χ3n) is 3.76. The monoisotopic (exact) mass is 258 g/mol. The maximum absolute atomic E-state index is 8.89. The molecule has 1 fully saturated rings. The number of pyridine rings is 1. The lowest BCUT2D eigenvalue weighted by atomic mass is 10.0. The van der Waals surface area contributed by atoms with Gasteiger partial charge >= 0.3 is 0 Å². The predicted octanol–water partition coefficient (Wildman–Crippen LogP) is 2.49. The van der Waals surface area contributed by atoms with Crippen molar-refractivity contribution in [1.29, 1.82) is 5.26 Å². The van der Waals surface area contributed by atoms with Crippen molar-refractivity contribution in [2.45, 2.75) is 32.7 Å². The van der Waals surface area contributed by atoms with Crippen molar-refractivity contribution in [2.75, 3.05) is 25.0 Å². The van der Waals surface area contributed by atoms with Gasteiger partial charge in [-0.05, 0) is 44.0 Å². The van der Waals surface area contributed by atoms with E-state index in [0.717, 1.165) is 12.4 Å². The van der Waals surface area contributed by atoms with Crippen molar-refractivity contribution in [3.63, 3.8) is 0 Å². The van der Waals surface area contributed by atoms with E-state index >= 15 is 0 Å². The van der Waals surface area contributed by atoms with Gasteiger partial charge in [-0.25, -0.2) is 4.98 Å². The smallest absolute Gasteiger partial charge is 0.127 e. The fourth-order valence-corrected chi connectivity index (χ4v) is 2.67. The van der Waals surface area contributed by atoms with Crippen LogP contribution in [0.2, 0.25) is 0 Å². The van der Waals surface area contributed by atoms with E-state index in [1.165, 1.54) is 25.9 Å². The fourth-order valence-electron chi connectivity index (χ4n) is 2.67. The quantitative estimate of drug-likeness (QED) is 0.881. The lowest BCUT2D eigenvalue weighted by molar-refractivity contribution is 0.201. The van der Waals surface area contributed by atoms with Crippen molar-refractivity contribution in [3.8, 4) is 6.07 Å². The maximum atomic E-state index is 8.89. The molecule has 0 bridgehead atoms. The van der Waals surface area contributed by atoms with Crippen molar-refractivity contribution >= 4 is 5.82 Å². The molecule has 0 amide bonds. The molecular weight excluding hydrogens is 236 g/mol. The number of likely N-dealkylation sites (tertiary alicyclic amines) is 1. The number of rotatable bonds is 5. The van der Waals surface area contributed by atoms with Gasteiger partial charge in [-0.15, -0.1) is 0 Å². The summed E-state index contributed by atoms with van der Waals surface area (Å²) in [6.45, 7) is 7.83. The molecular formula is C15H22N4. The summed E-state index contributed by atoms with van der Waals surface area (Å²) >= 11 is 0. The average Bonchev–Trinajstić information content (AvgIpc) is 2.93. The van der Waals surface area contributed by atoms with Crippen LogP contribution in [0, 0.1) is 17.2 Å². The van der Waals surface area contributed by atoms with E-state index < -0.39 is 0 Å². The number of nitriles is 1. The lowest BCUT2D eigenvalue weighted by Crippen LogP contribution is -2.42. The standard InChI is InChI=1S/C15H22N4/c1-12(2)14(19-7-3-4-8-19)11-18-15-9-13(10-16)5-6-17-15/h5-6,9,12,14H,3-4,7-8,11H2,1-2H3,(H,17,18). The molecule has 19 heavy (non-hydrogen) atoms. The molecule has 0 spiro atoms. The van der Waals surface area contributed by atoms with Crippen molar-refractivity contribution in [2.24, 2.45) is 5.92 Å². The van der Waals surface area contributed by atoms with E-state index in [0.29, 0.717) is 17.5 Å². The zero-order chi connectivity index (χ0) is 13.7. The van der Waals surface area contributed by atoms with Crippen LogP contribution in [-0.4, -0.2) is 35.6 Å². The Morgan fingerprint density at radius 2 is 2.16 bits per heavy atom. The minimum atomic E-state index is 0.537. The highest BCUT2D eigenvalue weighted by Crippen LogP contribution is 2.18. The number of hydrogen-bond donors (Lipinski definition) is 1. The fraction of sp³-hybridized carbons (Fsp3) is 0.600. The van der Waals surface area contributed by atoms with E-state index in [4.69, 9.17) is 5.26 Å². The molecule has 2 rings (SSSR count). The van der Waals surface area contributed by atoms with Crippen LogP contribution in [0.25, 0.3) is 0 Å². The number of nitrogens with one attached hydrogen (secondary N) is 1. The first kappa shape index (κ1) is 13.8.